The van der Waals surface area contributed by atoms with Crippen molar-refractivity contribution in [2.75, 3.05) is 0 Å². The number of halogens is 3. The fourth-order valence-corrected chi connectivity index (χ4v) is 3.25. The Morgan fingerprint density at radius 3 is 2.79 bits per heavy atom. The quantitative estimate of drug-likeness (QED) is 0.407. The van der Waals surface area contributed by atoms with Gasteiger partial charge in [0.05, 0.1) is 22.5 Å². The molecule has 4 heterocycles. The van der Waals surface area contributed by atoms with Gasteiger partial charge in [0.2, 0.25) is 0 Å². The van der Waals surface area contributed by atoms with Crippen molar-refractivity contribution in [3.63, 3.8) is 0 Å². The number of nitrogens with zero attached hydrogens (tertiary/aromatic N) is 6. The lowest BCUT2D eigenvalue weighted by atomic mass is 10.2. The molecule has 0 atom stereocenters. The van der Waals surface area contributed by atoms with Crippen LogP contribution in [0, 0.1) is 0 Å². The van der Waals surface area contributed by atoms with Gasteiger partial charge in [-0.2, -0.15) is 28.5 Å². The first-order chi connectivity index (χ1) is 13.8. The summed E-state index contributed by atoms with van der Waals surface area (Å²) in [5, 5.41) is 13.2. The lowest BCUT2D eigenvalue weighted by Gasteiger charge is -2.10. The van der Waals surface area contributed by atoms with E-state index in [0.29, 0.717) is 15.1 Å². The first kappa shape index (κ1) is 18.8. The van der Waals surface area contributed by atoms with E-state index in [2.05, 4.69) is 25.7 Å². The molecule has 0 saturated heterocycles. The second-order valence-electron chi connectivity index (χ2n) is 5.88. The van der Waals surface area contributed by atoms with Crippen molar-refractivity contribution in [2.45, 2.75) is 6.18 Å². The predicted octanol–water partition coefficient (Wildman–Crippen LogP) is 2.97. The molecular formula is C17H12F3N7OS. The van der Waals surface area contributed by atoms with Crippen LogP contribution in [0.1, 0.15) is 21.9 Å². The summed E-state index contributed by atoms with van der Waals surface area (Å²) in [4.78, 5) is 17.1. The second kappa shape index (κ2) is 7.13. The van der Waals surface area contributed by atoms with Gasteiger partial charge in [-0.15, -0.1) is 11.3 Å². The standard InChI is InChI=1S/C17H12F3N7OS/c1-26-10(4-5-22-26)9-21-24-16(28)12-8-15-23-11(13-3-2-6-29-13)7-14(17(18,19)20)27(15)25-12/h2-9H,1H3,(H,24,28)/b21-9-. The maximum Gasteiger partial charge on any atom is 0.433 e. The lowest BCUT2D eigenvalue weighted by molar-refractivity contribution is -0.142. The Balaban J connectivity index is 1.68. The molecule has 4 rings (SSSR count). The third kappa shape index (κ3) is 3.74. The smallest absolute Gasteiger partial charge is 0.267 e. The summed E-state index contributed by atoms with van der Waals surface area (Å²) in [7, 11) is 1.70. The van der Waals surface area contributed by atoms with Gasteiger partial charge in [0.15, 0.2) is 17.0 Å². The minimum absolute atomic E-state index is 0.0935. The van der Waals surface area contributed by atoms with E-state index >= 15 is 0 Å². The first-order valence-electron chi connectivity index (χ1n) is 8.16. The molecule has 0 spiro atoms. The van der Waals surface area contributed by atoms with Gasteiger partial charge < -0.3 is 0 Å². The number of hydrazone groups is 1. The van der Waals surface area contributed by atoms with Crippen molar-refractivity contribution in [1.82, 2.24) is 29.8 Å². The topological polar surface area (TPSA) is 89.5 Å². The number of rotatable bonds is 4. The zero-order valence-electron chi connectivity index (χ0n) is 14.8. The van der Waals surface area contributed by atoms with Gasteiger partial charge in [-0.1, -0.05) is 6.07 Å². The molecule has 1 amide bonds. The Labute approximate surface area is 165 Å². The van der Waals surface area contributed by atoms with E-state index in [1.54, 1.807) is 36.8 Å². The molecule has 0 aliphatic heterocycles. The van der Waals surface area contributed by atoms with Crippen molar-refractivity contribution < 1.29 is 18.0 Å². The number of aryl methyl sites for hydroxylation is 1. The monoisotopic (exact) mass is 419 g/mol. The van der Waals surface area contributed by atoms with Gasteiger partial charge in [-0.3, -0.25) is 9.48 Å². The van der Waals surface area contributed by atoms with Crippen molar-refractivity contribution >= 4 is 29.1 Å². The maximum absolute atomic E-state index is 13.5. The van der Waals surface area contributed by atoms with E-state index in [1.807, 2.05) is 0 Å². The average molecular weight is 419 g/mol. The summed E-state index contributed by atoms with van der Waals surface area (Å²) in [5.41, 5.74) is 1.65. The van der Waals surface area contributed by atoms with Crippen LogP contribution in [0.15, 0.2) is 47.0 Å². The highest BCUT2D eigenvalue weighted by Crippen LogP contribution is 2.33. The molecule has 0 aromatic carbocycles. The Kier molecular flexibility index (Phi) is 4.62. The number of hydrogen-bond donors (Lipinski definition) is 1. The summed E-state index contributed by atoms with van der Waals surface area (Å²) in [6, 6.07) is 7.15. The molecule has 0 unspecified atom stereocenters. The number of amides is 1. The molecule has 0 bridgehead atoms. The zero-order chi connectivity index (χ0) is 20.6. The van der Waals surface area contributed by atoms with E-state index in [1.165, 1.54) is 28.3 Å². The van der Waals surface area contributed by atoms with E-state index in [9.17, 15) is 18.0 Å². The molecule has 8 nitrogen and oxygen atoms in total. The average Bonchev–Trinajstić information content (AvgIpc) is 3.40. The molecule has 1 N–H and O–H groups in total. The van der Waals surface area contributed by atoms with Crippen LogP contribution in [0.3, 0.4) is 0 Å². The molecule has 29 heavy (non-hydrogen) atoms. The minimum Gasteiger partial charge on any atom is -0.267 e. The number of aromatic nitrogens is 5. The van der Waals surface area contributed by atoms with E-state index in [-0.39, 0.29) is 17.0 Å². The highest BCUT2D eigenvalue weighted by molar-refractivity contribution is 7.13. The third-order valence-corrected chi connectivity index (χ3v) is 4.84. The lowest BCUT2D eigenvalue weighted by Crippen LogP contribution is -2.19. The number of nitrogens with one attached hydrogen (secondary N) is 1. The molecule has 4 aromatic rings. The van der Waals surface area contributed by atoms with Gasteiger partial charge in [0, 0.05) is 19.3 Å². The van der Waals surface area contributed by atoms with Crippen molar-refractivity contribution in [3.8, 4) is 10.6 Å². The second-order valence-corrected chi connectivity index (χ2v) is 6.83. The molecule has 0 saturated carbocycles. The van der Waals surface area contributed by atoms with Gasteiger partial charge in [-0.05, 0) is 23.6 Å². The van der Waals surface area contributed by atoms with Crippen LogP contribution in [0.4, 0.5) is 13.2 Å². The van der Waals surface area contributed by atoms with Crippen LogP contribution in [-0.4, -0.2) is 36.5 Å². The molecule has 4 aromatic heterocycles. The summed E-state index contributed by atoms with van der Waals surface area (Å²) in [5.74, 6) is -0.764. The van der Waals surface area contributed by atoms with Crippen LogP contribution >= 0.6 is 11.3 Å². The Bertz CT molecular complexity index is 1210. The molecule has 0 aliphatic carbocycles. The van der Waals surface area contributed by atoms with Crippen LogP contribution in [-0.2, 0) is 13.2 Å². The number of thiophene rings is 1. The van der Waals surface area contributed by atoms with Crippen molar-refractivity contribution in [3.05, 3.63) is 59.0 Å². The Morgan fingerprint density at radius 2 is 2.14 bits per heavy atom. The van der Waals surface area contributed by atoms with Gasteiger partial charge in [0.1, 0.15) is 0 Å². The van der Waals surface area contributed by atoms with Crippen LogP contribution in [0.5, 0.6) is 0 Å². The predicted molar refractivity (Wildman–Crippen MR) is 99.6 cm³/mol. The fourth-order valence-electron chi connectivity index (χ4n) is 2.56. The molecule has 0 radical (unpaired) electrons. The molecule has 0 aliphatic rings. The summed E-state index contributed by atoms with van der Waals surface area (Å²) < 4.78 is 42.7. The SMILES string of the molecule is Cn1nccc1/C=N\NC(=O)c1cc2nc(-c3cccs3)cc(C(F)(F)F)n2n1. The van der Waals surface area contributed by atoms with Crippen LogP contribution < -0.4 is 5.43 Å². The van der Waals surface area contributed by atoms with E-state index in [4.69, 9.17) is 0 Å². The normalized spacial score (nSPS) is 12.1. The number of hydrogen-bond acceptors (Lipinski definition) is 6. The van der Waals surface area contributed by atoms with Crippen molar-refractivity contribution in [1.29, 1.82) is 0 Å². The summed E-state index contributed by atoms with van der Waals surface area (Å²) >= 11 is 1.26. The zero-order valence-corrected chi connectivity index (χ0v) is 15.6. The summed E-state index contributed by atoms with van der Waals surface area (Å²) in [6.07, 6.45) is -1.76. The van der Waals surface area contributed by atoms with Crippen LogP contribution in [0.25, 0.3) is 16.2 Å². The third-order valence-electron chi connectivity index (χ3n) is 3.95. The van der Waals surface area contributed by atoms with Gasteiger partial charge in [0.25, 0.3) is 5.91 Å². The number of fused-ring (bicyclic) bond motifs is 1. The number of carbonyl (C=O) groups excluding carboxylic acids is 1. The maximum atomic E-state index is 13.5. The van der Waals surface area contributed by atoms with Gasteiger partial charge >= 0.3 is 6.18 Å². The molecule has 0 fully saturated rings. The highest BCUT2D eigenvalue weighted by atomic mass is 32.1. The Morgan fingerprint density at radius 1 is 1.31 bits per heavy atom. The minimum atomic E-state index is -4.68. The molecule has 148 valence electrons. The number of alkyl halides is 3. The van der Waals surface area contributed by atoms with Gasteiger partial charge in [-0.25, -0.2) is 14.9 Å². The van der Waals surface area contributed by atoms with Crippen molar-refractivity contribution in [2.24, 2.45) is 12.1 Å². The first-order valence-corrected chi connectivity index (χ1v) is 9.04. The van der Waals surface area contributed by atoms with E-state index in [0.717, 1.165) is 6.07 Å². The van der Waals surface area contributed by atoms with Crippen LogP contribution in [0.2, 0.25) is 0 Å². The van der Waals surface area contributed by atoms with E-state index < -0.39 is 17.8 Å². The Hall–Kier alpha value is -3.54. The largest absolute Gasteiger partial charge is 0.433 e. The summed E-state index contributed by atoms with van der Waals surface area (Å²) in [6.45, 7) is 0. The fraction of sp³-hybridized carbons (Fsp3) is 0.118. The molecular weight excluding hydrogens is 407 g/mol. The molecule has 12 heteroatoms. The highest BCUT2D eigenvalue weighted by Gasteiger charge is 2.35. The number of carbonyl (C=O) groups is 1.